The third-order valence-corrected chi connectivity index (χ3v) is 5.06. The molecule has 0 saturated heterocycles. The number of carbonyl (C=O) groups excluding carboxylic acids is 3. The molecule has 10 heteroatoms. The molecule has 0 radical (unpaired) electrons. The maximum atomic E-state index is 12.8. The van der Waals surface area contributed by atoms with Gasteiger partial charge in [-0.05, 0) is 6.07 Å². The first-order chi connectivity index (χ1) is 10.5. The highest BCUT2D eigenvalue weighted by atomic mass is 28.4. The van der Waals surface area contributed by atoms with Gasteiger partial charge in [0.05, 0.1) is 10.8 Å². The Balaban J connectivity index is 3.50. The maximum absolute atomic E-state index is 12.8. The van der Waals surface area contributed by atoms with E-state index in [0.717, 1.165) is 39.0 Å². The topological polar surface area (TPSA) is 78.9 Å². The molecule has 0 aliphatic carbocycles. The summed E-state index contributed by atoms with van der Waals surface area (Å²) in [6.07, 6.45) is -4.68. The van der Waals surface area contributed by atoms with Gasteiger partial charge in [-0.3, -0.25) is 14.4 Å². The molecule has 1 aromatic rings. The summed E-state index contributed by atoms with van der Waals surface area (Å²) in [6, 6.07) is 3.53. The molecule has 1 rings (SSSR count). The van der Waals surface area contributed by atoms with Crippen LogP contribution in [0.25, 0.3) is 0 Å². The van der Waals surface area contributed by atoms with Crippen molar-refractivity contribution in [1.29, 1.82) is 0 Å². The van der Waals surface area contributed by atoms with Gasteiger partial charge in [-0.25, -0.2) is 0 Å². The van der Waals surface area contributed by atoms with Gasteiger partial charge in [-0.15, -0.1) is 0 Å². The molecule has 0 N–H and O–H groups in total. The van der Waals surface area contributed by atoms with Crippen LogP contribution in [0.4, 0.5) is 13.2 Å². The Labute approximate surface area is 130 Å². The molecule has 0 atom stereocenters. The van der Waals surface area contributed by atoms with Gasteiger partial charge in [0, 0.05) is 20.8 Å². The third kappa shape index (κ3) is 5.09. The summed E-state index contributed by atoms with van der Waals surface area (Å²) in [4.78, 5) is 33.9. The third-order valence-electron chi connectivity index (χ3n) is 2.38. The Morgan fingerprint density at radius 3 is 1.70 bits per heavy atom. The fourth-order valence-corrected chi connectivity index (χ4v) is 3.94. The molecular weight excluding hydrogens is 337 g/mol. The highest BCUT2D eigenvalue weighted by Gasteiger charge is 2.55. The molecule has 0 unspecified atom stereocenters. The van der Waals surface area contributed by atoms with E-state index in [-0.39, 0.29) is 5.19 Å². The van der Waals surface area contributed by atoms with E-state index in [1.807, 2.05) is 0 Å². The van der Waals surface area contributed by atoms with Crippen LogP contribution in [0.15, 0.2) is 24.3 Å². The van der Waals surface area contributed by atoms with E-state index in [1.165, 1.54) is 0 Å². The monoisotopic (exact) mass is 350 g/mol. The lowest BCUT2D eigenvalue weighted by Crippen LogP contribution is -2.59. The van der Waals surface area contributed by atoms with Crippen molar-refractivity contribution in [2.45, 2.75) is 26.9 Å². The maximum Gasteiger partial charge on any atom is 0.742 e. The van der Waals surface area contributed by atoms with Gasteiger partial charge in [0.15, 0.2) is 0 Å². The number of rotatable bonds is 4. The quantitative estimate of drug-likeness (QED) is 0.767. The van der Waals surface area contributed by atoms with E-state index < -0.39 is 38.5 Å². The number of hydrogen-bond donors (Lipinski definition) is 0. The number of hydrogen-bond acceptors (Lipinski definition) is 6. The first-order valence-electron chi connectivity index (χ1n) is 6.23. The molecular formula is C13H13F3O6Si. The normalized spacial score (nSPS) is 11.6. The van der Waals surface area contributed by atoms with Crippen LogP contribution >= 0.6 is 0 Å². The highest BCUT2D eigenvalue weighted by molar-refractivity contribution is 6.79. The summed E-state index contributed by atoms with van der Waals surface area (Å²) in [5, 5.41) is -0.340. The molecule has 0 amide bonds. The molecule has 23 heavy (non-hydrogen) atoms. The minimum atomic E-state index is -4.68. The van der Waals surface area contributed by atoms with Gasteiger partial charge in [-0.1, -0.05) is 18.2 Å². The summed E-state index contributed by atoms with van der Waals surface area (Å²) in [7, 11) is -4.52. The molecule has 0 fully saturated rings. The number of benzene rings is 1. The molecule has 0 aromatic heterocycles. The Bertz CT molecular complexity index is 588. The second-order valence-electron chi connectivity index (χ2n) is 4.42. The number of carbonyl (C=O) groups is 3. The minimum Gasteiger partial charge on any atom is -0.452 e. The van der Waals surface area contributed by atoms with Crippen molar-refractivity contribution >= 4 is 31.9 Å². The van der Waals surface area contributed by atoms with Crippen LogP contribution < -0.4 is 5.19 Å². The van der Waals surface area contributed by atoms with E-state index in [1.54, 1.807) is 0 Å². The van der Waals surface area contributed by atoms with Crippen LogP contribution in [0.5, 0.6) is 0 Å². The predicted octanol–water partition coefficient (Wildman–Crippen LogP) is 1.54. The van der Waals surface area contributed by atoms with E-state index in [4.69, 9.17) is 13.3 Å². The molecule has 1 aromatic carbocycles. The Kier molecular flexibility index (Phi) is 5.54. The Morgan fingerprint density at radius 1 is 0.913 bits per heavy atom. The lowest BCUT2D eigenvalue weighted by Gasteiger charge is -2.26. The van der Waals surface area contributed by atoms with Crippen molar-refractivity contribution in [3.8, 4) is 0 Å². The van der Waals surface area contributed by atoms with Crippen LogP contribution in [0.3, 0.4) is 0 Å². The highest BCUT2D eigenvalue weighted by Crippen LogP contribution is 2.29. The number of halogens is 3. The average molecular weight is 350 g/mol. The molecule has 0 aliphatic heterocycles. The van der Waals surface area contributed by atoms with Crippen molar-refractivity contribution < 1.29 is 40.8 Å². The summed E-state index contributed by atoms with van der Waals surface area (Å²) in [6.45, 7) is 2.84. The van der Waals surface area contributed by atoms with Crippen LogP contribution in [-0.2, 0) is 33.8 Å². The number of alkyl halides is 3. The standard InChI is InChI=1S/C13H13F3O6Si/c1-8(17)20-23(21-9(2)18,22-10(3)19)12-6-4-5-11(7-12)13(14,15)16/h4-7H,1-3H3. The van der Waals surface area contributed by atoms with Gasteiger partial charge < -0.3 is 13.3 Å². The van der Waals surface area contributed by atoms with E-state index >= 15 is 0 Å². The van der Waals surface area contributed by atoms with Gasteiger partial charge in [0.25, 0.3) is 17.9 Å². The molecule has 6 nitrogen and oxygen atoms in total. The van der Waals surface area contributed by atoms with Crippen LogP contribution in [0, 0.1) is 0 Å². The predicted molar refractivity (Wildman–Crippen MR) is 72.1 cm³/mol. The summed E-state index contributed by atoms with van der Waals surface area (Å²) < 4.78 is 53.1. The van der Waals surface area contributed by atoms with Gasteiger partial charge >= 0.3 is 15.0 Å². The fourth-order valence-electron chi connectivity index (χ4n) is 1.69. The van der Waals surface area contributed by atoms with Crippen LogP contribution in [0.1, 0.15) is 26.3 Å². The minimum absolute atomic E-state index is 0.340. The fraction of sp³-hybridized carbons (Fsp3) is 0.308. The van der Waals surface area contributed by atoms with Crippen molar-refractivity contribution in [2.75, 3.05) is 0 Å². The zero-order valence-electron chi connectivity index (χ0n) is 12.4. The molecule has 0 aliphatic rings. The van der Waals surface area contributed by atoms with E-state index in [9.17, 15) is 27.6 Å². The van der Waals surface area contributed by atoms with E-state index in [0.29, 0.717) is 6.07 Å². The largest absolute Gasteiger partial charge is 0.742 e. The Hall–Kier alpha value is -2.36. The van der Waals surface area contributed by atoms with Gasteiger partial charge in [0.1, 0.15) is 0 Å². The first-order valence-corrected chi connectivity index (χ1v) is 7.95. The molecule has 0 saturated carbocycles. The zero-order valence-corrected chi connectivity index (χ0v) is 13.4. The average Bonchev–Trinajstić information content (AvgIpc) is 2.35. The molecule has 0 spiro atoms. The smallest absolute Gasteiger partial charge is 0.452 e. The second kappa shape index (κ2) is 6.81. The van der Waals surface area contributed by atoms with Crippen LogP contribution in [0.2, 0.25) is 0 Å². The lowest BCUT2D eigenvalue weighted by molar-refractivity contribution is -0.146. The summed E-state index contributed by atoms with van der Waals surface area (Å²) in [5.41, 5.74) is -1.07. The van der Waals surface area contributed by atoms with Crippen molar-refractivity contribution in [2.24, 2.45) is 0 Å². The Morgan fingerprint density at radius 2 is 1.35 bits per heavy atom. The molecule has 126 valence electrons. The van der Waals surface area contributed by atoms with Crippen molar-refractivity contribution in [3.05, 3.63) is 29.8 Å². The van der Waals surface area contributed by atoms with Gasteiger partial charge in [-0.2, -0.15) is 13.2 Å². The van der Waals surface area contributed by atoms with Crippen molar-refractivity contribution in [1.82, 2.24) is 0 Å². The second-order valence-corrected chi connectivity index (χ2v) is 6.72. The summed E-state index contributed by atoms with van der Waals surface area (Å²) >= 11 is 0. The van der Waals surface area contributed by atoms with E-state index in [2.05, 4.69) is 0 Å². The lowest BCUT2D eigenvalue weighted by atomic mass is 10.2. The van der Waals surface area contributed by atoms with Gasteiger partial charge in [0.2, 0.25) is 0 Å². The SMILES string of the molecule is CC(=O)O[Si](OC(C)=O)(OC(C)=O)c1cccc(C(F)(F)F)c1. The zero-order chi connectivity index (χ0) is 17.8. The molecule has 0 heterocycles. The van der Waals surface area contributed by atoms with Crippen LogP contribution in [-0.4, -0.2) is 26.7 Å². The molecule has 0 bridgehead atoms. The summed E-state index contributed by atoms with van der Waals surface area (Å²) in [5.74, 6) is -2.93. The first kappa shape index (κ1) is 18.7. The van der Waals surface area contributed by atoms with Crippen molar-refractivity contribution in [3.63, 3.8) is 0 Å².